The second-order valence-corrected chi connectivity index (χ2v) is 7.48. The van der Waals surface area contributed by atoms with Crippen LogP contribution in [0.3, 0.4) is 0 Å². The first-order chi connectivity index (χ1) is 7.08. The van der Waals surface area contributed by atoms with Gasteiger partial charge in [-0.2, -0.15) is 0 Å². The van der Waals surface area contributed by atoms with Crippen LogP contribution in [0.4, 0.5) is 0 Å². The molecule has 1 nitrogen and oxygen atoms in total. The van der Waals surface area contributed by atoms with Crippen LogP contribution >= 0.6 is 54.5 Å². The third-order valence-electron chi connectivity index (χ3n) is 1.83. The Labute approximate surface area is 112 Å². The van der Waals surface area contributed by atoms with E-state index in [-0.39, 0.29) is 5.78 Å². The van der Waals surface area contributed by atoms with Gasteiger partial charge in [-0.3, -0.25) is 4.79 Å². The van der Waals surface area contributed by atoms with E-state index in [1.165, 1.54) is 22.7 Å². The Morgan fingerprint density at radius 1 is 1.20 bits per heavy atom. The molecule has 2 aromatic heterocycles. The quantitative estimate of drug-likeness (QED) is 0.693. The summed E-state index contributed by atoms with van der Waals surface area (Å²) >= 11 is 9.75. The maximum Gasteiger partial charge on any atom is 0.212 e. The molecule has 0 aromatic carbocycles. The summed E-state index contributed by atoms with van der Waals surface area (Å²) in [5.41, 5.74) is 0. The molecule has 2 rings (SSSR count). The first-order valence-electron chi connectivity index (χ1n) is 4.14. The van der Waals surface area contributed by atoms with E-state index in [1.54, 1.807) is 0 Å². The predicted octanol–water partition coefficient (Wildman–Crippen LogP) is 4.87. The minimum atomic E-state index is 0.101. The van der Waals surface area contributed by atoms with E-state index in [4.69, 9.17) is 0 Å². The number of halogens is 2. The second-order valence-electron chi connectivity index (χ2n) is 2.97. The molecule has 0 amide bonds. The van der Waals surface area contributed by atoms with Crippen molar-refractivity contribution in [3.8, 4) is 0 Å². The number of ketones is 1. The molecule has 0 radical (unpaired) electrons. The van der Waals surface area contributed by atoms with E-state index in [9.17, 15) is 4.79 Å². The van der Waals surface area contributed by atoms with E-state index < -0.39 is 0 Å². The highest BCUT2D eigenvalue weighted by atomic mass is 79.9. The standard InChI is InChI=1S/C10H6Br2OS2/c1-5-2-3-7(14-5)9(13)8-4-6(11)10(12)15-8/h2-4H,1H3. The topological polar surface area (TPSA) is 17.1 Å². The second kappa shape index (κ2) is 4.49. The van der Waals surface area contributed by atoms with Crippen LogP contribution in [0, 0.1) is 6.92 Å². The first-order valence-corrected chi connectivity index (χ1v) is 7.36. The Balaban J connectivity index is 2.36. The molecule has 78 valence electrons. The minimum Gasteiger partial charge on any atom is -0.287 e. The highest BCUT2D eigenvalue weighted by Crippen LogP contribution is 2.34. The number of hydrogen-bond acceptors (Lipinski definition) is 3. The van der Waals surface area contributed by atoms with Gasteiger partial charge in [-0.15, -0.1) is 22.7 Å². The van der Waals surface area contributed by atoms with Crippen LogP contribution in [-0.4, -0.2) is 5.78 Å². The lowest BCUT2D eigenvalue weighted by Crippen LogP contribution is -1.93. The summed E-state index contributed by atoms with van der Waals surface area (Å²) in [6.45, 7) is 2.00. The Morgan fingerprint density at radius 3 is 2.40 bits per heavy atom. The monoisotopic (exact) mass is 364 g/mol. The summed E-state index contributed by atoms with van der Waals surface area (Å²) in [7, 11) is 0. The molecule has 0 saturated heterocycles. The Morgan fingerprint density at radius 2 is 1.93 bits per heavy atom. The third-order valence-corrected chi connectivity index (χ3v) is 6.09. The predicted molar refractivity (Wildman–Crippen MR) is 72.2 cm³/mol. The van der Waals surface area contributed by atoms with Crippen LogP contribution in [0.1, 0.15) is 19.4 Å². The van der Waals surface area contributed by atoms with E-state index in [1.807, 2.05) is 25.1 Å². The number of carbonyl (C=O) groups excluding carboxylic acids is 1. The highest BCUT2D eigenvalue weighted by molar-refractivity contribution is 9.13. The van der Waals surface area contributed by atoms with Gasteiger partial charge in [0.25, 0.3) is 0 Å². The lowest BCUT2D eigenvalue weighted by Gasteiger charge is -1.90. The minimum absolute atomic E-state index is 0.101. The van der Waals surface area contributed by atoms with Gasteiger partial charge in [0.1, 0.15) is 0 Å². The van der Waals surface area contributed by atoms with Crippen molar-refractivity contribution in [2.24, 2.45) is 0 Å². The summed E-state index contributed by atoms with van der Waals surface area (Å²) < 4.78 is 1.89. The van der Waals surface area contributed by atoms with Gasteiger partial charge in [-0.05, 0) is 57.0 Å². The van der Waals surface area contributed by atoms with Gasteiger partial charge in [0.05, 0.1) is 13.5 Å². The van der Waals surface area contributed by atoms with Crippen LogP contribution in [0.2, 0.25) is 0 Å². The van der Waals surface area contributed by atoms with Crippen molar-refractivity contribution in [2.75, 3.05) is 0 Å². The number of aryl methyl sites for hydroxylation is 1. The Hall–Kier alpha value is 0.0300. The summed E-state index contributed by atoms with van der Waals surface area (Å²) in [4.78, 5) is 14.7. The molecule has 0 saturated carbocycles. The van der Waals surface area contributed by atoms with Crippen molar-refractivity contribution < 1.29 is 4.79 Å². The summed E-state index contributed by atoms with van der Waals surface area (Å²) in [6.07, 6.45) is 0. The lowest BCUT2D eigenvalue weighted by molar-refractivity contribution is 0.104. The van der Waals surface area contributed by atoms with Crippen LogP contribution in [0.15, 0.2) is 26.5 Å². The molecule has 0 aliphatic carbocycles. The molecular weight excluding hydrogens is 360 g/mol. The number of thiophene rings is 2. The van der Waals surface area contributed by atoms with Crippen LogP contribution in [-0.2, 0) is 0 Å². The number of carbonyl (C=O) groups is 1. The number of rotatable bonds is 2. The first kappa shape index (κ1) is 11.5. The summed E-state index contributed by atoms with van der Waals surface area (Å²) in [6, 6.07) is 5.70. The van der Waals surface area contributed by atoms with Gasteiger partial charge in [0.15, 0.2) is 0 Å². The largest absolute Gasteiger partial charge is 0.287 e. The molecule has 0 atom stereocenters. The van der Waals surface area contributed by atoms with E-state index in [0.29, 0.717) is 0 Å². The fraction of sp³-hybridized carbons (Fsp3) is 0.100. The molecule has 0 aliphatic heterocycles. The smallest absolute Gasteiger partial charge is 0.212 e. The maximum atomic E-state index is 12.0. The average molecular weight is 366 g/mol. The highest BCUT2D eigenvalue weighted by Gasteiger charge is 2.15. The molecule has 5 heteroatoms. The fourth-order valence-corrected chi connectivity index (χ4v) is 4.01. The van der Waals surface area contributed by atoms with Gasteiger partial charge in [0.2, 0.25) is 5.78 Å². The zero-order chi connectivity index (χ0) is 11.0. The van der Waals surface area contributed by atoms with Gasteiger partial charge < -0.3 is 0 Å². The summed E-state index contributed by atoms with van der Waals surface area (Å²) in [5, 5.41) is 0. The molecule has 2 heterocycles. The van der Waals surface area contributed by atoms with Crippen molar-refractivity contribution in [2.45, 2.75) is 6.92 Å². The van der Waals surface area contributed by atoms with Gasteiger partial charge >= 0.3 is 0 Å². The molecule has 15 heavy (non-hydrogen) atoms. The van der Waals surface area contributed by atoms with E-state index in [0.717, 1.165) is 22.9 Å². The normalized spacial score (nSPS) is 10.6. The lowest BCUT2D eigenvalue weighted by atomic mass is 10.3. The molecule has 0 unspecified atom stereocenters. The van der Waals surface area contributed by atoms with Gasteiger partial charge in [-0.25, -0.2) is 0 Å². The summed E-state index contributed by atoms with van der Waals surface area (Å²) in [5.74, 6) is 0.101. The van der Waals surface area contributed by atoms with Crippen molar-refractivity contribution >= 4 is 60.3 Å². The molecule has 0 bridgehead atoms. The van der Waals surface area contributed by atoms with E-state index >= 15 is 0 Å². The van der Waals surface area contributed by atoms with Crippen molar-refractivity contribution in [3.05, 3.63) is 41.1 Å². The zero-order valence-corrected chi connectivity index (χ0v) is 12.5. The average Bonchev–Trinajstić information content (AvgIpc) is 2.74. The van der Waals surface area contributed by atoms with Crippen LogP contribution in [0.25, 0.3) is 0 Å². The van der Waals surface area contributed by atoms with Gasteiger partial charge in [-0.1, -0.05) is 0 Å². The molecule has 2 aromatic rings. The molecule has 0 fully saturated rings. The van der Waals surface area contributed by atoms with Crippen molar-refractivity contribution in [1.82, 2.24) is 0 Å². The molecule has 0 N–H and O–H groups in total. The van der Waals surface area contributed by atoms with E-state index in [2.05, 4.69) is 31.9 Å². The molecular formula is C10H6Br2OS2. The fourth-order valence-electron chi connectivity index (χ4n) is 1.14. The van der Waals surface area contributed by atoms with Crippen LogP contribution in [0.5, 0.6) is 0 Å². The Kier molecular flexibility index (Phi) is 3.45. The Bertz CT molecular complexity index is 494. The van der Waals surface area contributed by atoms with Gasteiger partial charge in [0, 0.05) is 9.35 Å². The molecule has 0 spiro atoms. The van der Waals surface area contributed by atoms with Crippen molar-refractivity contribution in [3.63, 3.8) is 0 Å². The SMILES string of the molecule is Cc1ccc(C(=O)c2cc(Br)c(Br)s2)s1. The molecule has 0 aliphatic rings. The maximum absolute atomic E-state index is 12.0. The zero-order valence-electron chi connectivity index (χ0n) is 7.71. The van der Waals surface area contributed by atoms with Crippen LogP contribution < -0.4 is 0 Å². The number of hydrogen-bond donors (Lipinski definition) is 0. The van der Waals surface area contributed by atoms with Crippen molar-refractivity contribution in [1.29, 1.82) is 0 Å². The third kappa shape index (κ3) is 2.41.